The molecule has 0 bridgehead atoms. The van der Waals surface area contributed by atoms with Crippen LogP contribution in [0.15, 0.2) is 53.0 Å². The van der Waals surface area contributed by atoms with Crippen molar-refractivity contribution in [1.82, 2.24) is 16.0 Å². The molecule has 0 aliphatic carbocycles. The summed E-state index contributed by atoms with van der Waals surface area (Å²) in [7, 11) is 0. The molecule has 2 atom stereocenters. The van der Waals surface area contributed by atoms with Gasteiger partial charge in [-0.25, -0.2) is 9.18 Å². The van der Waals surface area contributed by atoms with Gasteiger partial charge in [0.15, 0.2) is 0 Å². The predicted octanol–water partition coefficient (Wildman–Crippen LogP) is 4.43. The number of halogens is 2. The minimum atomic E-state index is -0.629. The molecule has 0 radical (unpaired) electrons. The van der Waals surface area contributed by atoms with E-state index in [4.69, 9.17) is 0 Å². The summed E-state index contributed by atoms with van der Waals surface area (Å²) in [6, 6.07) is 12.4. The molecular formula is C21H25BrFN3O2. The van der Waals surface area contributed by atoms with E-state index in [1.54, 1.807) is 12.1 Å². The number of amides is 3. The molecule has 28 heavy (non-hydrogen) atoms. The molecule has 5 nitrogen and oxygen atoms in total. The van der Waals surface area contributed by atoms with Crippen LogP contribution in [0.3, 0.4) is 0 Å². The summed E-state index contributed by atoms with van der Waals surface area (Å²) in [4.78, 5) is 24.8. The van der Waals surface area contributed by atoms with Crippen molar-refractivity contribution in [2.45, 2.75) is 45.3 Å². The minimum absolute atomic E-state index is 0.177. The van der Waals surface area contributed by atoms with Crippen molar-refractivity contribution < 1.29 is 14.0 Å². The van der Waals surface area contributed by atoms with E-state index in [2.05, 4.69) is 31.9 Å². The second-order valence-corrected chi connectivity index (χ2v) is 7.49. The first-order chi connectivity index (χ1) is 13.4. The van der Waals surface area contributed by atoms with Crippen LogP contribution in [0.4, 0.5) is 9.18 Å². The number of hydrogen-bond acceptors (Lipinski definition) is 2. The lowest BCUT2D eigenvalue weighted by Gasteiger charge is -2.21. The molecule has 0 unspecified atom stereocenters. The van der Waals surface area contributed by atoms with E-state index in [0.717, 1.165) is 22.0 Å². The molecule has 0 aliphatic rings. The van der Waals surface area contributed by atoms with Crippen LogP contribution in [-0.4, -0.2) is 18.0 Å². The largest absolute Gasteiger partial charge is 0.348 e. The second kappa shape index (κ2) is 10.8. The molecule has 150 valence electrons. The fourth-order valence-corrected chi connectivity index (χ4v) is 2.96. The number of hydrogen-bond donors (Lipinski definition) is 3. The van der Waals surface area contributed by atoms with Gasteiger partial charge in [-0.1, -0.05) is 53.5 Å². The minimum Gasteiger partial charge on any atom is -0.348 e. The second-order valence-electron chi connectivity index (χ2n) is 6.58. The number of rotatable bonds is 8. The van der Waals surface area contributed by atoms with Gasteiger partial charge in [0, 0.05) is 11.0 Å². The quantitative estimate of drug-likeness (QED) is 0.557. The number of carbonyl (C=O) groups is 2. The predicted molar refractivity (Wildman–Crippen MR) is 111 cm³/mol. The number of benzene rings is 2. The number of urea groups is 1. The highest BCUT2D eigenvalue weighted by Crippen LogP contribution is 2.16. The van der Waals surface area contributed by atoms with Crippen molar-refractivity contribution in [3.63, 3.8) is 0 Å². The molecule has 0 heterocycles. The first-order valence-electron chi connectivity index (χ1n) is 9.23. The Kier molecular flexibility index (Phi) is 8.44. The third-order valence-electron chi connectivity index (χ3n) is 4.29. The summed E-state index contributed by atoms with van der Waals surface area (Å²) in [5.41, 5.74) is 1.75. The van der Waals surface area contributed by atoms with Crippen LogP contribution in [0, 0.1) is 5.82 Å². The van der Waals surface area contributed by atoms with Crippen molar-refractivity contribution in [2.24, 2.45) is 0 Å². The van der Waals surface area contributed by atoms with E-state index in [1.807, 2.05) is 38.1 Å². The molecule has 0 aliphatic heterocycles. The maximum Gasteiger partial charge on any atom is 0.315 e. The molecule has 2 aromatic rings. The van der Waals surface area contributed by atoms with Crippen molar-refractivity contribution in [3.8, 4) is 0 Å². The van der Waals surface area contributed by atoms with Crippen LogP contribution in [-0.2, 0) is 11.3 Å². The van der Waals surface area contributed by atoms with Gasteiger partial charge in [-0.3, -0.25) is 4.79 Å². The van der Waals surface area contributed by atoms with Gasteiger partial charge >= 0.3 is 6.03 Å². The van der Waals surface area contributed by atoms with Crippen LogP contribution < -0.4 is 16.0 Å². The van der Waals surface area contributed by atoms with Crippen molar-refractivity contribution >= 4 is 27.9 Å². The van der Waals surface area contributed by atoms with E-state index >= 15 is 0 Å². The average Bonchev–Trinajstić information content (AvgIpc) is 2.67. The summed E-state index contributed by atoms with van der Waals surface area (Å²) in [6.07, 6.45) is 1.28. The van der Waals surface area contributed by atoms with Gasteiger partial charge in [-0.15, -0.1) is 0 Å². The normalized spacial score (nSPS) is 12.7. The van der Waals surface area contributed by atoms with Gasteiger partial charge in [0.25, 0.3) is 0 Å². The molecule has 0 aromatic heterocycles. The zero-order valence-corrected chi connectivity index (χ0v) is 17.6. The zero-order valence-electron chi connectivity index (χ0n) is 16.0. The molecule has 3 amide bonds. The smallest absolute Gasteiger partial charge is 0.315 e. The molecule has 2 rings (SSSR count). The van der Waals surface area contributed by atoms with Gasteiger partial charge in [0.05, 0.1) is 6.04 Å². The highest BCUT2D eigenvalue weighted by molar-refractivity contribution is 9.10. The monoisotopic (exact) mass is 449 g/mol. The maximum atomic E-state index is 12.9. The highest BCUT2D eigenvalue weighted by Gasteiger charge is 2.21. The highest BCUT2D eigenvalue weighted by atomic mass is 79.9. The molecule has 0 spiro atoms. The van der Waals surface area contributed by atoms with Crippen LogP contribution in [0.1, 0.15) is 43.9 Å². The van der Waals surface area contributed by atoms with Gasteiger partial charge < -0.3 is 16.0 Å². The molecule has 2 aromatic carbocycles. The fourth-order valence-electron chi connectivity index (χ4n) is 2.70. The van der Waals surface area contributed by atoms with E-state index in [0.29, 0.717) is 6.42 Å². The molecule has 3 N–H and O–H groups in total. The van der Waals surface area contributed by atoms with E-state index < -0.39 is 12.1 Å². The topological polar surface area (TPSA) is 70.2 Å². The Hall–Kier alpha value is -2.41. The summed E-state index contributed by atoms with van der Waals surface area (Å²) in [6.45, 7) is 4.11. The fraction of sp³-hybridized carbons (Fsp3) is 0.333. The van der Waals surface area contributed by atoms with Gasteiger partial charge in [-0.2, -0.15) is 0 Å². The van der Waals surface area contributed by atoms with Crippen LogP contribution >= 0.6 is 15.9 Å². The lowest BCUT2D eigenvalue weighted by atomic mass is 10.1. The average molecular weight is 450 g/mol. The standard InChI is InChI=1S/C21H25BrFN3O2/c1-3-4-19(20(27)25-14(2)16-7-9-17(22)10-8-16)26-21(28)24-13-15-5-11-18(23)12-6-15/h5-12,14,19H,3-4,13H2,1-2H3,(H,25,27)(H2,24,26,28)/t14-,19+/m1/s1. The molecule has 0 saturated heterocycles. The third kappa shape index (κ3) is 6.96. The Morgan fingerprint density at radius 3 is 2.29 bits per heavy atom. The Balaban J connectivity index is 1.89. The summed E-state index contributed by atoms with van der Waals surface area (Å²) >= 11 is 3.39. The summed E-state index contributed by atoms with van der Waals surface area (Å²) < 4.78 is 13.9. The van der Waals surface area contributed by atoms with Crippen LogP contribution in [0.25, 0.3) is 0 Å². The third-order valence-corrected chi connectivity index (χ3v) is 4.82. The van der Waals surface area contributed by atoms with Crippen molar-refractivity contribution in [3.05, 3.63) is 69.9 Å². The first kappa shape index (κ1) is 21.9. The molecule has 0 fully saturated rings. The molecule has 0 saturated carbocycles. The Morgan fingerprint density at radius 1 is 1.04 bits per heavy atom. The van der Waals surface area contributed by atoms with Gasteiger partial charge in [0.2, 0.25) is 5.91 Å². The maximum absolute atomic E-state index is 12.9. The van der Waals surface area contributed by atoms with Crippen LogP contribution in [0.2, 0.25) is 0 Å². The molecular weight excluding hydrogens is 425 g/mol. The van der Waals surface area contributed by atoms with Gasteiger partial charge in [0.1, 0.15) is 11.9 Å². The zero-order chi connectivity index (χ0) is 20.5. The summed E-state index contributed by atoms with van der Waals surface area (Å²) in [5.74, 6) is -0.554. The first-order valence-corrected chi connectivity index (χ1v) is 10.0. The Labute approximate surface area is 173 Å². The SMILES string of the molecule is CCC[C@H](NC(=O)NCc1ccc(F)cc1)C(=O)N[C@H](C)c1ccc(Br)cc1. The Morgan fingerprint density at radius 2 is 1.68 bits per heavy atom. The number of carbonyl (C=O) groups excluding carboxylic acids is 2. The molecule has 7 heteroatoms. The number of nitrogens with one attached hydrogen (secondary N) is 3. The van der Waals surface area contributed by atoms with E-state index in [9.17, 15) is 14.0 Å². The van der Waals surface area contributed by atoms with E-state index in [-0.39, 0.29) is 24.3 Å². The van der Waals surface area contributed by atoms with Gasteiger partial charge in [-0.05, 0) is 48.7 Å². The summed E-state index contributed by atoms with van der Waals surface area (Å²) in [5, 5.41) is 8.36. The van der Waals surface area contributed by atoms with Crippen molar-refractivity contribution in [2.75, 3.05) is 0 Å². The Bertz CT molecular complexity index is 781. The lowest BCUT2D eigenvalue weighted by molar-refractivity contribution is -0.123. The van der Waals surface area contributed by atoms with Crippen molar-refractivity contribution in [1.29, 1.82) is 0 Å². The van der Waals surface area contributed by atoms with E-state index in [1.165, 1.54) is 12.1 Å². The lowest BCUT2D eigenvalue weighted by Crippen LogP contribution is -2.50. The van der Waals surface area contributed by atoms with Crippen LogP contribution in [0.5, 0.6) is 0 Å².